The molecule has 1 aromatic rings. The number of nitrogens with two attached hydrogens (primary N) is 1. The van der Waals surface area contributed by atoms with Crippen LogP contribution in [0.4, 0.5) is 11.4 Å². The Hall–Kier alpha value is -1.81. The number of anilines is 2. The van der Waals surface area contributed by atoms with Gasteiger partial charge in [0.05, 0.1) is 0 Å². The fourth-order valence-electron chi connectivity index (χ4n) is 3.26. The lowest BCUT2D eigenvalue weighted by Crippen LogP contribution is -2.32. The molecule has 1 aliphatic carbocycles. The Bertz CT molecular complexity index is 530. The van der Waals surface area contributed by atoms with Crippen LogP contribution in [0.25, 0.3) is 0 Å². The summed E-state index contributed by atoms with van der Waals surface area (Å²) in [6.07, 6.45) is 9.26. The van der Waals surface area contributed by atoms with Crippen LogP contribution in [0.1, 0.15) is 32.1 Å². The van der Waals surface area contributed by atoms with E-state index in [2.05, 4.69) is 34.5 Å². The highest BCUT2D eigenvalue weighted by Gasteiger charge is 2.24. The number of hydrogen-bond acceptors (Lipinski definition) is 3. The quantitative estimate of drug-likeness (QED) is 0.844. The van der Waals surface area contributed by atoms with Gasteiger partial charge in [-0.15, -0.1) is 0 Å². The highest BCUT2D eigenvalue weighted by Crippen LogP contribution is 2.25. The van der Waals surface area contributed by atoms with E-state index in [0.29, 0.717) is 0 Å². The van der Waals surface area contributed by atoms with E-state index in [1.807, 2.05) is 12.1 Å². The molecule has 4 heteroatoms. The molecular weight excluding hydrogens is 274 g/mol. The molecule has 3 N–H and O–H groups in total. The van der Waals surface area contributed by atoms with Crippen LogP contribution in [-0.4, -0.2) is 25.0 Å². The summed E-state index contributed by atoms with van der Waals surface area (Å²) >= 11 is 0. The zero-order chi connectivity index (χ0) is 15.4. The number of benzene rings is 1. The highest BCUT2D eigenvalue weighted by molar-refractivity contribution is 5.92. The van der Waals surface area contributed by atoms with E-state index in [9.17, 15) is 4.79 Å². The molecule has 0 atom stereocenters. The van der Waals surface area contributed by atoms with Crippen molar-refractivity contribution in [3.8, 4) is 0 Å². The van der Waals surface area contributed by atoms with Gasteiger partial charge >= 0.3 is 0 Å². The summed E-state index contributed by atoms with van der Waals surface area (Å²) in [5.74, 6) is 0.257. The molecular formula is C18H25N3O. The minimum atomic E-state index is 0.117. The van der Waals surface area contributed by atoms with Crippen molar-refractivity contribution in [3.63, 3.8) is 0 Å². The maximum absolute atomic E-state index is 12.3. The average Bonchev–Trinajstić information content (AvgIpc) is 2.57. The topological polar surface area (TPSA) is 58.4 Å². The van der Waals surface area contributed by atoms with Crippen molar-refractivity contribution < 1.29 is 4.79 Å². The number of amides is 1. The molecule has 1 heterocycles. The largest absolute Gasteiger partial charge is 0.367 e. The normalized spacial score (nSPS) is 25.0. The monoisotopic (exact) mass is 299 g/mol. The van der Waals surface area contributed by atoms with E-state index >= 15 is 0 Å². The first-order valence-corrected chi connectivity index (χ1v) is 8.29. The van der Waals surface area contributed by atoms with Crippen molar-refractivity contribution in [2.24, 2.45) is 11.7 Å². The van der Waals surface area contributed by atoms with E-state index in [-0.39, 0.29) is 17.9 Å². The molecule has 2 aliphatic rings. The Labute approximate surface area is 132 Å². The van der Waals surface area contributed by atoms with Gasteiger partial charge in [0.15, 0.2) is 0 Å². The lowest BCUT2D eigenvalue weighted by Gasteiger charge is -2.26. The van der Waals surface area contributed by atoms with Crippen LogP contribution in [0.3, 0.4) is 0 Å². The van der Waals surface area contributed by atoms with E-state index in [1.165, 1.54) is 5.69 Å². The predicted molar refractivity (Wildman–Crippen MR) is 91.0 cm³/mol. The molecule has 0 unspecified atom stereocenters. The zero-order valence-electron chi connectivity index (χ0n) is 13.0. The number of carbonyl (C=O) groups is 1. The lowest BCUT2D eigenvalue weighted by molar-refractivity contribution is -0.120. The Kier molecular flexibility index (Phi) is 4.78. The van der Waals surface area contributed by atoms with Gasteiger partial charge in [0, 0.05) is 36.4 Å². The van der Waals surface area contributed by atoms with Gasteiger partial charge in [-0.2, -0.15) is 0 Å². The van der Waals surface area contributed by atoms with Crippen molar-refractivity contribution in [1.82, 2.24) is 0 Å². The summed E-state index contributed by atoms with van der Waals surface area (Å²) in [5, 5.41) is 3.04. The number of nitrogens with one attached hydrogen (secondary N) is 1. The molecule has 1 aromatic carbocycles. The van der Waals surface area contributed by atoms with Crippen LogP contribution in [0.2, 0.25) is 0 Å². The minimum Gasteiger partial charge on any atom is -0.367 e. The smallest absolute Gasteiger partial charge is 0.227 e. The van der Waals surface area contributed by atoms with Gasteiger partial charge < -0.3 is 16.0 Å². The second kappa shape index (κ2) is 6.97. The molecule has 1 aliphatic heterocycles. The van der Waals surface area contributed by atoms with E-state index < -0.39 is 0 Å². The number of nitrogens with zero attached hydrogens (tertiary/aromatic N) is 1. The van der Waals surface area contributed by atoms with Gasteiger partial charge in [-0.1, -0.05) is 12.2 Å². The first kappa shape index (κ1) is 15.1. The van der Waals surface area contributed by atoms with Crippen LogP contribution in [0.5, 0.6) is 0 Å². The Morgan fingerprint density at radius 1 is 1.09 bits per heavy atom. The number of carbonyl (C=O) groups excluding carboxylic acids is 1. The summed E-state index contributed by atoms with van der Waals surface area (Å²) < 4.78 is 0. The van der Waals surface area contributed by atoms with Crippen LogP contribution < -0.4 is 16.0 Å². The Balaban J connectivity index is 1.56. The van der Waals surface area contributed by atoms with Gasteiger partial charge in [0.25, 0.3) is 0 Å². The van der Waals surface area contributed by atoms with Crippen LogP contribution in [-0.2, 0) is 4.79 Å². The highest BCUT2D eigenvalue weighted by atomic mass is 16.1. The SMILES string of the molecule is NC1CCC(C(=O)Nc2ccc(N3CC=CCC3)cc2)CC1. The third-order valence-corrected chi connectivity index (χ3v) is 4.70. The van der Waals surface area contributed by atoms with Gasteiger partial charge in [-0.25, -0.2) is 0 Å². The standard InChI is InChI=1S/C18H25N3O/c19-15-6-4-14(5-7-15)18(22)20-16-8-10-17(11-9-16)21-12-2-1-3-13-21/h1-2,8-11,14-15H,3-7,12-13,19H2,(H,20,22). The summed E-state index contributed by atoms with van der Waals surface area (Å²) in [6.45, 7) is 2.03. The first-order chi connectivity index (χ1) is 10.7. The van der Waals surface area contributed by atoms with E-state index in [4.69, 9.17) is 5.73 Å². The molecule has 1 saturated carbocycles. The minimum absolute atomic E-state index is 0.117. The Morgan fingerprint density at radius 3 is 2.45 bits per heavy atom. The van der Waals surface area contributed by atoms with Crippen molar-refractivity contribution in [2.75, 3.05) is 23.3 Å². The van der Waals surface area contributed by atoms with Crippen LogP contribution >= 0.6 is 0 Å². The van der Waals surface area contributed by atoms with Crippen molar-refractivity contribution in [2.45, 2.75) is 38.1 Å². The zero-order valence-corrected chi connectivity index (χ0v) is 13.0. The maximum Gasteiger partial charge on any atom is 0.227 e. The molecule has 1 fully saturated rings. The molecule has 4 nitrogen and oxygen atoms in total. The summed E-state index contributed by atoms with van der Waals surface area (Å²) in [4.78, 5) is 14.6. The van der Waals surface area contributed by atoms with Crippen molar-refractivity contribution in [1.29, 1.82) is 0 Å². The number of rotatable bonds is 3. The molecule has 3 rings (SSSR count). The number of hydrogen-bond donors (Lipinski definition) is 2. The molecule has 0 aromatic heterocycles. The molecule has 0 bridgehead atoms. The van der Waals surface area contributed by atoms with Crippen LogP contribution in [0, 0.1) is 5.92 Å². The third-order valence-electron chi connectivity index (χ3n) is 4.70. The first-order valence-electron chi connectivity index (χ1n) is 8.29. The lowest BCUT2D eigenvalue weighted by atomic mass is 9.86. The Morgan fingerprint density at radius 2 is 1.82 bits per heavy atom. The van der Waals surface area contributed by atoms with Crippen molar-refractivity contribution >= 4 is 17.3 Å². The fourth-order valence-corrected chi connectivity index (χ4v) is 3.26. The second-order valence-electron chi connectivity index (χ2n) is 6.35. The molecule has 0 saturated heterocycles. The van der Waals surface area contributed by atoms with Crippen molar-refractivity contribution in [3.05, 3.63) is 36.4 Å². The van der Waals surface area contributed by atoms with Gasteiger partial charge in [-0.05, 0) is 56.4 Å². The predicted octanol–water partition coefficient (Wildman–Crippen LogP) is 2.91. The van der Waals surface area contributed by atoms with E-state index in [0.717, 1.165) is 50.9 Å². The fraction of sp³-hybridized carbons (Fsp3) is 0.500. The molecule has 0 spiro atoms. The van der Waals surface area contributed by atoms with Crippen LogP contribution in [0.15, 0.2) is 36.4 Å². The molecule has 1 amide bonds. The van der Waals surface area contributed by atoms with Gasteiger partial charge in [0.1, 0.15) is 0 Å². The van der Waals surface area contributed by atoms with E-state index in [1.54, 1.807) is 0 Å². The summed E-state index contributed by atoms with van der Waals surface area (Å²) in [6, 6.07) is 8.46. The maximum atomic E-state index is 12.3. The van der Waals surface area contributed by atoms with Gasteiger partial charge in [-0.3, -0.25) is 4.79 Å². The molecule has 22 heavy (non-hydrogen) atoms. The van der Waals surface area contributed by atoms with Gasteiger partial charge in [0.2, 0.25) is 5.91 Å². The summed E-state index contributed by atoms with van der Waals surface area (Å²) in [7, 11) is 0. The third kappa shape index (κ3) is 3.69. The molecule has 0 radical (unpaired) electrons. The summed E-state index contributed by atoms with van der Waals surface area (Å²) in [5.41, 5.74) is 8.00. The second-order valence-corrected chi connectivity index (χ2v) is 6.35. The average molecular weight is 299 g/mol. The molecule has 118 valence electrons.